The number of rotatable bonds is 3. The Balaban J connectivity index is 2.22. The van der Waals surface area contributed by atoms with Gasteiger partial charge < -0.3 is 5.11 Å². The van der Waals surface area contributed by atoms with E-state index in [2.05, 4.69) is 9.97 Å². The van der Waals surface area contributed by atoms with Crippen molar-refractivity contribution in [3.8, 4) is 0 Å². The molecule has 3 nitrogen and oxygen atoms in total. The third-order valence-corrected chi connectivity index (χ3v) is 3.27. The van der Waals surface area contributed by atoms with E-state index in [0.29, 0.717) is 27.2 Å². The number of aromatic nitrogens is 2. The topological polar surface area (TPSA) is 46.0 Å². The molecule has 0 saturated carbocycles. The molecule has 0 spiro atoms. The monoisotopic (exact) mass is 302 g/mol. The van der Waals surface area contributed by atoms with Gasteiger partial charge in [0.15, 0.2) is 0 Å². The SMILES string of the molecule is OC(Cc1ccncc1Cl)c1ncc(Cl)cc1Cl. The molecule has 2 heterocycles. The number of hydrogen-bond donors (Lipinski definition) is 1. The van der Waals surface area contributed by atoms with Gasteiger partial charge in [0.2, 0.25) is 0 Å². The maximum atomic E-state index is 10.1. The second-order valence-corrected chi connectivity index (χ2v) is 4.96. The first-order valence-corrected chi connectivity index (χ1v) is 6.28. The fraction of sp³-hybridized carbons (Fsp3) is 0.167. The molecule has 1 N–H and O–H groups in total. The Morgan fingerprint density at radius 2 is 1.94 bits per heavy atom. The van der Waals surface area contributed by atoms with Crippen LogP contribution in [0.25, 0.3) is 0 Å². The van der Waals surface area contributed by atoms with Crippen molar-refractivity contribution in [2.24, 2.45) is 0 Å². The van der Waals surface area contributed by atoms with Gasteiger partial charge in [-0.2, -0.15) is 0 Å². The van der Waals surface area contributed by atoms with E-state index in [1.165, 1.54) is 12.4 Å². The molecule has 0 aliphatic carbocycles. The van der Waals surface area contributed by atoms with Crippen LogP contribution < -0.4 is 0 Å². The van der Waals surface area contributed by atoms with Gasteiger partial charge in [-0.15, -0.1) is 0 Å². The van der Waals surface area contributed by atoms with Gasteiger partial charge in [-0.25, -0.2) is 0 Å². The molecular formula is C12H9Cl3N2O. The van der Waals surface area contributed by atoms with E-state index in [9.17, 15) is 5.11 Å². The van der Waals surface area contributed by atoms with E-state index in [1.54, 1.807) is 18.3 Å². The summed E-state index contributed by atoms with van der Waals surface area (Å²) in [6.07, 6.45) is 4.07. The number of aliphatic hydroxyl groups excluding tert-OH is 1. The molecule has 2 rings (SSSR count). The molecule has 0 aliphatic heterocycles. The van der Waals surface area contributed by atoms with Crippen LogP contribution in [0.4, 0.5) is 0 Å². The Labute approximate surface area is 119 Å². The van der Waals surface area contributed by atoms with Crippen LogP contribution in [0.15, 0.2) is 30.7 Å². The molecule has 1 unspecified atom stereocenters. The minimum absolute atomic E-state index is 0.315. The highest BCUT2D eigenvalue weighted by Gasteiger charge is 2.15. The predicted molar refractivity (Wildman–Crippen MR) is 72.2 cm³/mol. The van der Waals surface area contributed by atoms with E-state index in [4.69, 9.17) is 34.8 Å². The summed E-state index contributed by atoms with van der Waals surface area (Å²) in [7, 11) is 0. The Morgan fingerprint density at radius 3 is 2.61 bits per heavy atom. The molecule has 18 heavy (non-hydrogen) atoms. The average molecular weight is 304 g/mol. The Hall–Kier alpha value is -0.870. The Morgan fingerprint density at radius 1 is 1.17 bits per heavy atom. The molecule has 0 amide bonds. The quantitative estimate of drug-likeness (QED) is 0.940. The number of nitrogens with zero attached hydrogens (tertiary/aromatic N) is 2. The van der Waals surface area contributed by atoms with Crippen LogP contribution in [0.5, 0.6) is 0 Å². The van der Waals surface area contributed by atoms with Crippen molar-refractivity contribution in [3.63, 3.8) is 0 Å². The largest absolute Gasteiger partial charge is 0.386 e. The van der Waals surface area contributed by atoms with Gasteiger partial charge in [0, 0.05) is 25.0 Å². The molecule has 2 aromatic heterocycles. The number of hydrogen-bond acceptors (Lipinski definition) is 3. The van der Waals surface area contributed by atoms with E-state index in [0.717, 1.165) is 5.56 Å². The van der Waals surface area contributed by atoms with Crippen molar-refractivity contribution in [1.29, 1.82) is 0 Å². The molecule has 0 aromatic carbocycles. The highest BCUT2D eigenvalue weighted by molar-refractivity contribution is 6.34. The minimum Gasteiger partial charge on any atom is -0.386 e. The van der Waals surface area contributed by atoms with E-state index in [1.807, 2.05) is 0 Å². The van der Waals surface area contributed by atoms with E-state index < -0.39 is 6.10 Å². The average Bonchev–Trinajstić information content (AvgIpc) is 2.32. The van der Waals surface area contributed by atoms with Gasteiger partial charge >= 0.3 is 0 Å². The summed E-state index contributed by atoms with van der Waals surface area (Å²) < 4.78 is 0. The lowest BCUT2D eigenvalue weighted by atomic mass is 10.1. The van der Waals surface area contributed by atoms with Crippen LogP contribution in [0.1, 0.15) is 17.4 Å². The highest BCUT2D eigenvalue weighted by atomic mass is 35.5. The number of pyridine rings is 2. The lowest BCUT2D eigenvalue weighted by Gasteiger charge is -2.12. The third-order valence-electron chi connectivity index (χ3n) is 2.42. The zero-order valence-electron chi connectivity index (χ0n) is 9.15. The van der Waals surface area contributed by atoms with Crippen molar-refractivity contribution in [1.82, 2.24) is 9.97 Å². The molecule has 0 radical (unpaired) electrons. The van der Waals surface area contributed by atoms with Crippen LogP contribution in [-0.4, -0.2) is 15.1 Å². The van der Waals surface area contributed by atoms with E-state index >= 15 is 0 Å². The molecule has 0 bridgehead atoms. The molecule has 0 aliphatic rings. The normalized spacial score (nSPS) is 12.4. The summed E-state index contributed by atoms with van der Waals surface area (Å²) in [5.41, 5.74) is 1.17. The summed E-state index contributed by atoms with van der Waals surface area (Å²) >= 11 is 17.7. The first-order valence-electron chi connectivity index (χ1n) is 5.15. The summed E-state index contributed by atoms with van der Waals surface area (Å²) in [6, 6.07) is 3.29. The lowest BCUT2D eigenvalue weighted by molar-refractivity contribution is 0.173. The van der Waals surface area contributed by atoms with Crippen LogP contribution in [0.2, 0.25) is 15.1 Å². The zero-order valence-corrected chi connectivity index (χ0v) is 11.4. The van der Waals surface area contributed by atoms with Gasteiger partial charge in [0.1, 0.15) is 6.10 Å². The van der Waals surface area contributed by atoms with E-state index in [-0.39, 0.29) is 0 Å². The van der Waals surface area contributed by atoms with Gasteiger partial charge in [0.25, 0.3) is 0 Å². The van der Waals surface area contributed by atoms with Gasteiger partial charge in [-0.1, -0.05) is 34.8 Å². The maximum absolute atomic E-state index is 10.1. The van der Waals surface area contributed by atoms with Crippen LogP contribution in [0.3, 0.4) is 0 Å². The van der Waals surface area contributed by atoms with Crippen LogP contribution >= 0.6 is 34.8 Å². The summed E-state index contributed by atoms with van der Waals surface area (Å²) in [5.74, 6) is 0. The van der Waals surface area contributed by atoms with Crippen molar-refractivity contribution >= 4 is 34.8 Å². The van der Waals surface area contributed by atoms with Crippen molar-refractivity contribution < 1.29 is 5.11 Å². The van der Waals surface area contributed by atoms with Gasteiger partial charge in [0.05, 0.1) is 20.8 Å². The second kappa shape index (κ2) is 5.85. The van der Waals surface area contributed by atoms with Crippen LogP contribution in [0, 0.1) is 0 Å². The van der Waals surface area contributed by atoms with Gasteiger partial charge in [-0.3, -0.25) is 9.97 Å². The summed E-state index contributed by atoms with van der Waals surface area (Å²) in [4.78, 5) is 7.91. The predicted octanol–water partition coefficient (Wildman–Crippen LogP) is 3.71. The maximum Gasteiger partial charge on any atom is 0.102 e. The van der Waals surface area contributed by atoms with Crippen molar-refractivity contribution in [2.45, 2.75) is 12.5 Å². The van der Waals surface area contributed by atoms with Gasteiger partial charge in [-0.05, 0) is 17.7 Å². The van der Waals surface area contributed by atoms with Crippen molar-refractivity contribution in [2.75, 3.05) is 0 Å². The third kappa shape index (κ3) is 3.12. The molecule has 1 atom stereocenters. The summed E-state index contributed by atoms with van der Waals surface area (Å²) in [6.45, 7) is 0. The molecular weight excluding hydrogens is 295 g/mol. The highest BCUT2D eigenvalue weighted by Crippen LogP contribution is 2.27. The second-order valence-electron chi connectivity index (χ2n) is 3.71. The molecule has 6 heteroatoms. The first kappa shape index (κ1) is 13.6. The molecule has 0 saturated heterocycles. The number of halogens is 3. The Bertz CT molecular complexity index is 563. The Kier molecular flexibility index (Phi) is 4.40. The van der Waals surface area contributed by atoms with Crippen LogP contribution in [-0.2, 0) is 6.42 Å². The molecule has 2 aromatic rings. The fourth-order valence-electron chi connectivity index (χ4n) is 1.54. The number of aliphatic hydroxyl groups is 1. The van der Waals surface area contributed by atoms with Crippen molar-refractivity contribution in [3.05, 3.63) is 57.0 Å². The first-order chi connectivity index (χ1) is 8.58. The summed E-state index contributed by atoms with van der Waals surface area (Å²) in [5, 5.41) is 11.4. The molecule has 0 fully saturated rings. The molecule has 94 valence electrons. The lowest BCUT2D eigenvalue weighted by Crippen LogP contribution is -2.05. The fourth-order valence-corrected chi connectivity index (χ4v) is 2.25. The zero-order chi connectivity index (χ0) is 13.1. The minimum atomic E-state index is -0.838. The standard InChI is InChI=1S/C12H9Cl3N2O/c13-8-4-9(14)12(17-5-8)11(18)3-7-1-2-16-6-10(7)15/h1-2,4-6,11,18H,3H2. The smallest absolute Gasteiger partial charge is 0.102 e.